The first-order chi connectivity index (χ1) is 17.5. The van der Waals surface area contributed by atoms with Gasteiger partial charge in [0.1, 0.15) is 0 Å². The molecule has 1 heterocycles. The third-order valence-electron chi connectivity index (χ3n) is 6.22. The average Bonchev–Trinajstić information content (AvgIpc) is 2.86. The molecular weight excluding hydrogens is 446 g/mol. The van der Waals surface area contributed by atoms with Crippen molar-refractivity contribution in [2.75, 3.05) is 6.54 Å². The molecule has 0 spiro atoms. The number of benzene rings is 1. The van der Waals surface area contributed by atoms with E-state index in [0.29, 0.717) is 19.4 Å². The van der Waals surface area contributed by atoms with Crippen molar-refractivity contribution in [2.45, 2.75) is 77.7 Å². The Bertz CT molecular complexity index is 981. The summed E-state index contributed by atoms with van der Waals surface area (Å²) in [7, 11) is 0. The van der Waals surface area contributed by atoms with Crippen molar-refractivity contribution in [1.29, 1.82) is 0 Å². The molecule has 1 unspecified atom stereocenters. The molecule has 0 radical (unpaired) electrons. The second-order valence-electron chi connectivity index (χ2n) is 9.01. The molecule has 1 aromatic rings. The van der Waals surface area contributed by atoms with E-state index in [2.05, 4.69) is 79.8 Å². The number of carbonyl (C=O) groups is 1. The SMILES string of the molecule is CC/C=C/C/C=C/C/C=C/C/C=C/C/C=C/C/C=C/CCC(=O)N1CCc2cc(O)c(O)cc2C1C. The molecule has 2 rings (SSSR count). The van der Waals surface area contributed by atoms with Gasteiger partial charge in [-0.3, -0.25) is 4.79 Å². The van der Waals surface area contributed by atoms with Crippen LogP contribution >= 0.6 is 0 Å². The zero-order chi connectivity index (χ0) is 26.0. The van der Waals surface area contributed by atoms with Crippen LogP contribution in [0, 0.1) is 0 Å². The van der Waals surface area contributed by atoms with Crippen LogP contribution in [-0.4, -0.2) is 27.6 Å². The molecule has 0 aliphatic carbocycles. The Kier molecular flexibility index (Phi) is 13.8. The predicted molar refractivity (Wildman–Crippen MR) is 151 cm³/mol. The second kappa shape index (κ2) is 17.2. The molecule has 1 amide bonds. The van der Waals surface area contributed by atoms with Gasteiger partial charge in [-0.1, -0.05) is 79.8 Å². The van der Waals surface area contributed by atoms with E-state index in [1.54, 1.807) is 12.1 Å². The Morgan fingerprint density at radius 2 is 1.28 bits per heavy atom. The minimum atomic E-state index is -0.132. The van der Waals surface area contributed by atoms with Gasteiger partial charge in [-0.05, 0) is 81.5 Å². The maximum atomic E-state index is 12.7. The molecule has 4 nitrogen and oxygen atoms in total. The molecule has 0 saturated heterocycles. The van der Waals surface area contributed by atoms with Crippen LogP contribution in [0.4, 0.5) is 0 Å². The van der Waals surface area contributed by atoms with Gasteiger partial charge in [0.2, 0.25) is 5.91 Å². The van der Waals surface area contributed by atoms with Crippen molar-refractivity contribution >= 4 is 5.91 Å². The Labute approximate surface area is 217 Å². The van der Waals surface area contributed by atoms with Crippen LogP contribution in [0.1, 0.15) is 82.4 Å². The first-order valence-corrected chi connectivity index (χ1v) is 13.3. The van der Waals surface area contributed by atoms with Gasteiger partial charge in [0.25, 0.3) is 0 Å². The standard InChI is InChI=1S/C32H43NO3/c1-3-4-5-6-7-8-9-10-11-12-13-14-15-16-17-18-19-20-21-22-32(36)33-24-23-28-25-30(34)31(35)26-29(28)27(33)2/h4-5,7-8,10-11,13-14,16-17,19-20,25-27,34-35H,3,6,9,12,15,18,21-24H2,1-2H3/b5-4+,8-7+,11-10+,14-13+,17-16+,20-19+. The van der Waals surface area contributed by atoms with Crippen molar-refractivity contribution in [2.24, 2.45) is 0 Å². The maximum absolute atomic E-state index is 12.7. The zero-order valence-corrected chi connectivity index (χ0v) is 22.0. The van der Waals surface area contributed by atoms with Crippen molar-refractivity contribution in [3.8, 4) is 11.5 Å². The number of allylic oxidation sites excluding steroid dienone is 12. The third-order valence-corrected chi connectivity index (χ3v) is 6.22. The number of amides is 1. The fourth-order valence-corrected chi connectivity index (χ4v) is 4.17. The lowest BCUT2D eigenvalue weighted by Crippen LogP contribution is -2.38. The molecule has 1 atom stereocenters. The van der Waals surface area contributed by atoms with Gasteiger partial charge < -0.3 is 15.1 Å². The van der Waals surface area contributed by atoms with Gasteiger partial charge in [-0.2, -0.15) is 0 Å². The number of hydrogen-bond acceptors (Lipinski definition) is 3. The van der Waals surface area contributed by atoms with Crippen molar-refractivity contribution in [1.82, 2.24) is 4.90 Å². The summed E-state index contributed by atoms with van der Waals surface area (Å²) in [4.78, 5) is 14.6. The molecule has 1 aromatic carbocycles. The molecule has 0 aromatic heterocycles. The highest BCUT2D eigenvalue weighted by Crippen LogP contribution is 2.37. The van der Waals surface area contributed by atoms with Crippen LogP contribution in [0.25, 0.3) is 0 Å². The molecule has 1 aliphatic rings. The lowest BCUT2D eigenvalue weighted by molar-refractivity contribution is -0.133. The average molecular weight is 490 g/mol. The summed E-state index contributed by atoms with van der Waals surface area (Å²) < 4.78 is 0. The number of carbonyl (C=O) groups excluding carboxylic acids is 1. The fourth-order valence-electron chi connectivity index (χ4n) is 4.17. The smallest absolute Gasteiger partial charge is 0.223 e. The largest absolute Gasteiger partial charge is 0.504 e. The van der Waals surface area contributed by atoms with E-state index < -0.39 is 0 Å². The zero-order valence-electron chi connectivity index (χ0n) is 22.0. The summed E-state index contributed by atoms with van der Waals surface area (Å²) in [6.07, 6.45) is 33.9. The van der Waals surface area contributed by atoms with Gasteiger partial charge in [0, 0.05) is 13.0 Å². The fraction of sp³-hybridized carbons (Fsp3) is 0.406. The minimum absolute atomic E-state index is 0.0987. The van der Waals surface area contributed by atoms with Crippen molar-refractivity contribution in [3.63, 3.8) is 0 Å². The highest BCUT2D eigenvalue weighted by molar-refractivity contribution is 5.77. The van der Waals surface area contributed by atoms with E-state index in [-0.39, 0.29) is 23.4 Å². The Hall–Kier alpha value is -3.27. The van der Waals surface area contributed by atoms with Gasteiger partial charge in [0.15, 0.2) is 11.5 Å². The number of aromatic hydroxyl groups is 2. The topological polar surface area (TPSA) is 60.8 Å². The van der Waals surface area contributed by atoms with E-state index in [1.807, 2.05) is 11.8 Å². The molecule has 2 N–H and O–H groups in total. The van der Waals surface area contributed by atoms with Crippen molar-refractivity contribution in [3.05, 3.63) is 96.2 Å². The molecular formula is C32H43NO3. The van der Waals surface area contributed by atoms with Crippen molar-refractivity contribution < 1.29 is 15.0 Å². The van der Waals surface area contributed by atoms with Gasteiger partial charge in [-0.15, -0.1) is 0 Å². The Morgan fingerprint density at radius 3 is 1.81 bits per heavy atom. The molecule has 0 bridgehead atoms. The van der Waals surface area contributed by atoms with E-state index in [0.717, 1.165) is 56.1 Å². The van der Waals surface area contributed by atoms with Gasteiger partial charge in [-0.25, -0.2) is 0 Å². The summed E-state index contributed by atoms with van der Waals surface area (Å²) in [5.74, 6) is -0.105. The van der Waals surface area contributed by atoms with E-state index in [9.17, 15) is 15.0 Å². The molecule has 0 saturated carbocycles. The van der Waals surface area contributed by atoms with E-state index >= 15 is 0 Å². The molecule has 194 valence electrons. The van der Waals surface area contributed by atoms with E-state index in [1.165, 1.54) is 0 Å². The number of nitrogens with zero attached hydrogens (tertiary/aromatic N) is 1. The summed E-state index contributed by atoms with van der Waals surface area (Å²) >= 11 is 0. The van der Waals surface area contributed by atoms with Crippen LogP contribution in [0.15, 0.2) is 85.0 Å². The summed E-state index contributed by atoms with van der Waals surface area (Å²) in [5, 5.41) is 19.5. The predicted octanol–water partition coefficient (Wildman–Crippen LogP) is 8.02. The molecule has 4 heteroatoms. The van der Waals surface area contributed by atoms with Crippen LogP contribution < -0.4 is 0 Å². The normalized spacial score (nSPS) is 16.6. The third kappa shape index (κ3) is 10.6. The van der Waals surface area contributed by atoms with Crippen LogP contribution in [0.5, 0.6) is 11.5 Å². The maximum Gasteiger partial charge on any atom is 0.223 e. The quantitative estimate of drug-likeness (QED) is 0.205. The second-order valence-corrected chi connectivity index (χ2v) is 9.01. The Morgan fingerprint density at radius 1 is 0.806 bits per heavy atom. The summed E-state index contributed by atoms with van der Waals surface area (Å²) in [6.45, 7) is 4.77. The summed E-state index contributed by atoms with van der Waals surface area (Å²) in [6, 6.07) is 3.10. The van der Waals surface area contributed by atoms with Gasteiger partial charge in [0.05, 0.1) is 6.04 Å². The van der Waals surface area contributed by atoms with Gasteiger partial charge >= 0.3 is 0 Å². The number of phenolic OH excluding ortho intramolecular Hbond substituents is 2. The highest BCUT2D eigenvalue weighted by Gasteiger charge is 2.28. The molecule has 0 fully saturated rings. The monoisotopic (exact) mass is 489 g/mol. The number of fused-ring (bicyclic) bond motifs is 1. The Balaban J connectivity index is 1.56. The first kappa shape index (κ1) is 29.0. The van der Waals surface area contributed by atoms with E-state index in [4.69, 9.17) is 0 Å². The summed E-state index contributed by atoms with van der Waals surface area (Å²) in [5.41, 5.74) is 1.91. The number of rotatable bonds is 14. The van der Waals surface area contributed by atoms with Crippen LogP contribution in [-0.2, 0) is 11.2 Å². The lowest BCUT2D eigenvalue weighted by Gasteiger charge is -2.35. The molecule has 1 aliphatic heterocycles. The number of phenols is 2. The lowest BCUT2D eigenvalue weighted by atomic mass is 9.92. The highest BCUT2D eigenvalue weighted by atomic mass is 16.3. The number of hydrogen-bond donors (Lipinski definition) is 2. The molecule has 36 heavy (non-hydrogen) atoms. The van der Waals surface area contributed by atoms with Crippen LogP contribution in [0.2, 0.25) is 0 Å². The van der Waals surface area contributed by atoms with Crippen LogP contribution in [0.3, 0.4) is 0 Å². The minimum Gasteiger partial charge on any atom is -0.504 e. The first-order valence-electron chi connectivity index (χ1n) is 13.3.